The van der Waals surface area contributed by atoms with Gasteiger partial charge in [-0.2, -0.15) is 0 Å². The summed E-state index contributed by atoms with van der Waals surface area (Å²) in [6.45, 7) is 4.26. The van der Waals surface area contributed by atoms with Crippen LogP contribution in [0.1, 0.15) is 25.7 Å². The van der Waals surface area contributed by atoms with E-state index < -0.39 is 16.1 Å². The molecule has 6 nitrogen and oxygen atoms in total. The Balaban J connectivity index is 2.03. The van der Waals surface area contributed by atoms with Gasteiger partial charge in [0.05, 0.1) is 30.3 Å². The first-order chi connectivity index (χ1) is 10.9. The number of hydrogen-bond donors (Lipinski definition) is 2. The van der Waals surface area contributed by atoms with Crippen LogP contribution in [-0.2, 0) is 14.8 Å². The summed E-state index contributed by atoms with van der Waals surface area (Å²) in [5, 5.41) is 0. The molecule has 23 heavy (non-hydrogen) atoms. The summed E-state index contributed by atoms with van der Waals surface area (Å²) < 4.78 is 32.6. The van der Waals surface area contributed by atoms with Crippen molar-refractivity contribution in [3.05, 3.63) is 40.8 Å². The van der Waals surface area contributed by atoms with Crippen LogP contribution in [0.15, 0.2) is 34.9 Å². The van der Waals surface area contributed by atoms with E-state index in [1.54, 1.807) is 13.1 Å². The van der Waals surface area contributed by atoms with Gasteiger partial charge in [-0.1, -0.05) is 28.1 Å². The van der Waals surface area contributed by atoms with E-state index in [0.29, 0.717) is 12.4 Å². The van der Waals surface area contributed by atoms with Crippen molar-refractivity contribution in [2.75, 3.05) is 19.0 Å². The van der Waals surface area contributed by atoms with E-state index in [1.807, 2.05) is 31.2 Å². The van der Waals surface area contributed by atoms with Crippen molar-refractivity contribution in [2.45, 2.75) is 19.9 Å². The van der Waals surface area contributed by atoms with E-state index in [-0.39, 0.29) is 12.4 Å². The molecule has 8 heteroatoms. The van der Waals surface area contributed by atoms with E-state index in [1.165, 1.54) is 0 Å². The molecule has 0 saturated heterocycles. The van der Waals surface area contributed by atoms with Crippen molar-refractivity contribution < 1.29 is 13.2 Å². The molecule has 0 aliphatic heterocycles. The van der Waals surface area contributed by atoms with Crippen molar-refractivity contribution in [3.8, 4) is 11.3 Å². The topological polar surface area (TPSA) is 84.1 Å². The minimum atomic E-state index is -3.40. The van der Waals surface area contributed by atoms with Crippen molar-refractivity contribution in [3.63, 3.8) is 0 Å². The second-order valence-corrected chi connectivity index (χ2v) is 7.83. The molecule has 1 aromatic heterocycles. The number of hydrogen-bond acceptors (Lipinski definition) is 4. The zero-order chi connectivity index (χ0) is 16.9. The number of aromatic nitrogens is 2. The molecule has 0 aliphatic rings. The molecule has 0 unspecified atom stereocenters. The highest BCUT2D eigenvalue weighted by atomic mass is 79.9. The normalized spacial score (nSPS) is 13.2. The van der Waals surface area contributed by atoms with E-state index in [0.717, 1.165) is 15.7 Å². The Labute approximate surface area is 144 Å². The van der Waals surface area contributed by atoms with Crippen molar-refractivity contribution in [2.24, 2.45) is 0 Å². The zero-order valence-electron chi connectivity index (χ0n) is 13.0. The minimum absolute atomic E-state index is 0.0640. The number of H-pyrrole nitrogens is 1. The number of imidazole rings is 1. The molecule has 2 N–H and O–H groups in total. The van der Waals surface area contributed by atoms with Crippen LogP contribution < -0.4 is 4.72 Å². The minimum Gasteiger partial charge on any atom is -0.381 e. The highest BCUT2D eigenvalue weighted by molar-refractivity contribution is 9.10. The molecule has 0 amide bonds. The Morgan fingerprint density at radius 1 is 1.35 bits per heavy atom. The van der Waals surface area contributed by atoms with Crippen LogP contribution in [0.4, 0.5) is 0 Å². The lowest BCUT2D eigenvalue weighted by Crippen LogP contribution is -2.31. The smallest absolute Gasteiger partial charge is 0.214 e. The number of ether oxygens (including phenoxy) is 1. The zero-order valence-corrected chi connectivity index (χ0v) is 15.4. The van der Waals surface area contributed by atoms with E-state index in [4.69, 9.17) is 4.74 Å². The lowest BCUT2D eigenvalue weighted by atomic mass is 10.2. The molecule has 0 bridgehead atoms. The Bertz CT molecular complexity index is 729. The van der Waals surface area contributed by atoms with Gasteiger partial charge in [-0.25, -0.2) is 18.1 Å². The maximum Gasteiger partial charge on any atom is 0.214 e. The summed E-state index contributed by atoms with van der Waals surface area (Å²) in [4.78, 5) is 7.42. The van der Waals surface area contributed by atoms with Crippen molar-refractivity contribution in [1.82, 2.24) is 14.7 Å². The number of sulfonamides is 1. The van der Waals surface area contributed by atoms with Crippen LogP contribution in [0.3, 0.4) is 0 Å². The number of rotatable bonds is 8. The van der Waals surface area contributed by atoms with Gasteiger partial charge in [-0.3, -0.25) is 0 Å². The number of halogens is 1. The second-order valence-electron chi connectivity index (χ2n) is 5.04. The maximum absolute atomic E-state index is 12.0. The van der Waals surface area contributed by atoms with Gasteiger partial charge in [0.1, 0.15) is 5.82 Å². The molecule has 0 saturated carbocycles. The fraction of sp³-hybridized carbons (Fsp3) is 0.400. The lowest BCUT2D eigenvalue weighted by Gasteiger charge is -2.12. The Hall–Kier alpha value is -1.22. The average molecular weight is 402 g/mol. The van der Waals surface area contributed by atoms with Crippen LogP contribution in [0, 0.1) is 0 Å². The number of benzene rings is 1. The van der Waals surface area contributed by atoms with Gasteiger partial charge in [0.25, 0.3) is 0 Å². The third-order valence-electron chi connectivity index (χ3n) is 3.22. The third kappa shape index (κ3) is 5.42. The molecule has 0 aliphatic carbocycles. The second kappa shape index (κ2) is 8.05. The standard InChI is InChI=1S/C15H20BrN3O3S/c1-3-22-8-9-23(20,21)19-11(2)15-17-10-14(18-15)12-4-6-13(16)7-5-12/h4-7,10-11,19H,3,8-9H2,1-2H3,(H,17,18)/t11-/m1/s1. The van der Waals surface area contributed by atoms with Crippen LogP contribution in [0.2, 0.25) is 0 Å². The summed E-state index contributed by atoms with van der Waals surface area (Å²) in [5.41, 5.74) is 1.83. The van der Waals surface area contributed by atoms with Gasteiger partial charge in [-0.05, 0) is 31.5 Å². The van der Waals surface area contributed by atoms with E-state index in [9.17, 15) is 8.42 Å². The van der Waals surface area contributed by atoms with Crippen LogP contribution in [0.5, 0.6) is 0 Å². The molecule has 126 valence electrons. The predicted octanol–water partition coefficient (Wildman–Crippen LogP) is 2.86. The Morgan fingerprint density at radius 3 is 2.70 bits per heavy atom. The summed E-state index contributed by atoms with van der Waals surface area (Å²) in [6.07, 6.45) is 1.70. The maximum atomic E-state index is 12.0. The van der Waals surface area contributed by atoms with E-state index >= 15 is 0 Å². The number of nitrogens with one attached hydrogen (secondary N) is 2. The molecule has 1 heterocycles. The van der Waals surface area contributed by atoms with Gasteiger partial charge in [0, 0.05) is 11.1 Å². The molecule has 2 aromatic rings. The van der Waals surface area contributed by atoms with Crippen LogP contribution >= 0.6 is 15.9 Å². The molecule has 2 rings (SSSR count). The third-order valence-corrected chi connectivity index (χ3v) is 5.16. The van der Waals surface area contributed by atoms with Gasteiger partial charge in [-0.15, -0.1) is 0 Å². The summed E-state index contributed by atoms with van der Waals surface area (Å²) >= 11 is 3.39. The first-order valence-corrected chi connectivity index (χ1v) is 9.74. The molecule has 0 fully saturated rings. The Kier molecular flexibility index (Phi) is 6.34. The van der Waals surface area contributed by atoms with Gasteiger partial charge in [0.2, 0.25) is 10.0 Å². The average Bonchev–Trinajstić information content (AvgIpc) is 2.97. The van der Waals surface area contributed by atoms with Crippen LogP contribution in [0.25, 0.3) is 11.3 Å². The highest BCUT2D eigenvalue weighted by Crippen LogP contribution is 2.21. The fourth-order valence-corrected chi connectivity index (χ4v) is 3.40. The first-order valence-electron chi connectivity index (χ1n) is 7.30. The fourth-order valence-electron chi connectivity index (χ4n) is 2.03. The monoisotopic (exact) mass is 401 g/mol. The summed E-state index contributed by atoms with van der Waals surface area (Å²) in [5.74, 6) is 0.508. The molecule has 1 aromatic carbocycles. The SMILES string of the molecule is CCOCCS(=O)(=O)N[C@H](C)c1ncc(-c2ccc(Br)cc2)[nH]1. The molecule has 0 spiro atoms. The first kappa shape index (κ1) is 18.1. The summed E-state index contributed by atoms with van der Waals surface area (Å²) in [7, 11) is -3.40. The van der Waals surface area contributed by atoms with E-state index in [2.05, 4.69) is 30.6 Å². The predicted molar refractivity (Wildman–Crippen MR) is 93.6 cm³/mol. The van der Waals surface area contributed by atoms with Gasteiger partial charge >= 0.3 is 0 Å². The largest absolute Gasteiger partial charge is 0.381 e. The van der Waals surface area contributed by atoms with Crippen LogP contribution in [-0.4, -0.2) is 37.4 Å². The Morgan fingerprint density at radius 2 is 2.04 bits per heavy atom. The van der Waals surface area contributed by atoms with Crippen molar-refractivity contribution in [1.29, 1.82) is 0 Å². The van der Waals surface area contributed by atoms with Gasteiger partial charge < -0.3 is 9.72 Å². The van der Waals surface area contributed by atoms with Gasteiger partial charge in [0.15, 0.2) is 0 Å². The molecular formula is C15H20BrN3O3S. The molecular weight excluding hydrogens is 382 g/mol. The number of aromatic amines is 1. The quantitative estimate of drug-likeness (QED) is 0.665. The molecule has 0 radical (unpaired) electrons. The molecule has 1 atom stereocenters. The summed E-state index contributed by atoms with van der Waals surface area (Å²) in [6, 6.07) is 7.35. The number of nitrogens with zero attached hydrogens (tertiary/aromatic N) is 1. The van der Waals surface area contributed by atoms with Crippen molar-refractivity contribution >= 4 is 26.0 Å². The highest BCUT2D eigenvalue weighted by Gasteiger charge is 2.18. The lowest BCUT2D eigenvalue weighted by molar-refractivity contribution is 0.163.